The molecule has 0 radical (unpaired) electrons. The average Bonchev–Trinajstić information content (AvgIpc) is 3.22. The number of hydrogen-bond donors (Lipinski definition) is 1. The predicted molar refractivity (Wildman–Crippen MR) is 78.9 cm³/mol. The molecule has 3 rings (SSSR count). The average molecular weight is 259 g/mol. The van der Waals surface area contributed by atoms with Crippen molar-refractivity contribution in [2.75, 3.05) is 0 Å². The molecule has 18 heavy (non-hydrogen) atoms. The summed E-state index contributed by atoms with van der Waals surface area (Å²) in [5.41, 5.74) is 1.42. The quantitative estimate of drug-likeness (QED) is 0.798. The molecule has 0 bridgehead atoms. The Kier molecular flexibility index (Phi) is 4.06. The molecule has 0 spiro atoms. The lowest BCUT2D eigenvalue weighted by Gasteiger charge is -2.16. The first-order chi connectivity index (χ1) is 8.90. The van der Waals surface area contributed by atoms with E-state index in [-0.39, 0.29) is 0 Å². The van der Waals surface area contributed by atoms with Crippen molar-refractivity contribution in [3.63, 3.8) is 0 Å². The second kappa shape index (κ2) is 5.94. The van der Waals surface area contributed by atoms with E-state index in [0.717, 1.165) is 12.6 Å². The second-order valence-corrected chi connectivity index (χ2v) is 6.63. The molecule has 0 saturated heterocycles. The van der Waals surface area contributed by atoms with Gasteiger partial charge in [-0.15, -0.1) is 11.8 Å². The monoisotopic (exact) mass is 259 g/mol. The molecular formula is C16H21NS. The Labute approximate surface area is 114 Å². The summed E-state index contributed by atoms with van der Waals surface area (Å²) in [5, 5.41) is 4.27. The minimum absolute atomic E-state index is 0.686. The van der Waals surface area contributed by atoms with Crippen molar-refractivity contribution in [3.05, 3.63) is 42.0 Å². The number of benzene rings is 1. The molecule has 1 N–H and O–H groups in total. The molecule has 0 amide bonds. The van der Waals surface area contributed by atoms with E-state index < -0.39 is 0 Å². The van der Waals surface area contributed by atoms with Crippen LogP contribution in [0.5, 0.6) is 0 Å². The van der Waals surface area contributed by atoms with Crippen molar-refractivity contribution in [2.24, 2.45) is 0 Å². The molecule has 1 aromatic carbocycles. The zero-order chi connectivity index (χ0) is 12.2. The van der Waals surface area contributed by atoms with E-state index >= 15 is 0 Å². The van der Waals surface area contributed by atoms with Crippen molar-refractivity contribution in [1.82, 2.24) is 5.32 Å². The van der Waals surface area contributed by atoms with Gasteiger partial charge in [-0.3, -0.25) is 0 Å². The summed E-state index contributed by atoms with van der Waals surface area (Å²) in [7, 11) is 0. The largest absolute Gasteiger partial charge is 0.310 e. The normalized spacial score (nSPS) is 23.2. The molecule has 96 valence electrons. The molecular weight excluding hydrogens is 238 g/mol. The van der Waals surface area contributed by atoms with E-state index in [1.54, 1.807) is 0 Å². The Morgan fingerprint density at radius 3 is 2.94 bits per heavy atom. The van der Waals surface area contributed by atoms with Crippen LogP contribution in [-0.2, 0) is 6.54 Å². The van der Waals surface area contributed by atoms with Crippen LogP contribution in [0.2, 0.25) is 0 Å². The van der Waals surface area contributed by atoms with Crippen LogP contribution < -0.4 is 5.32 Å². The van der Waals surface area contributed by atoms with Crippen LogP contribution in [-0.4, -0.2) is 11.3 Å². The standard InChI is InChI=1S/C16H21NS/c1-2-6-15(7-3-1)18-16-8-4-5-13(11-16)12-17-14-9-10-14/h2,4-6,8,11,14-15,17H,1,3,7,9-10,12H2. The Morgan fingerprint density at radius 2 is 2.17 bits per heavy atom. The van der Waals surface area contributed by atoms with Crippen LogP contribution in [0.4, 0.5) is 0 Å². The third-order valence-corrected chi connectivity index (χ3v) is 4.79. The number of rotatable bonds is 5. The molecule has 2 aliphatic rings. The van der Waals surface area contributed by atoms with Crippen LogP contribution in [0, 0.1) is 0 Å². The highest BCUT2D eigenvalue weighted by Crippen LogP contribution is 2.30. The summed E-state index contributed by atoms with van der Waals surface area (Å²) in [6.07, 6.45) is 11.4. The van der Waals surface area contributed by atoms with Crippen LogP contribution in [0.1, 0.15) is 37.7 Å². The molecule has 1 nitrogen and oxygen atoms in total. The first-order valence-electron chi connectivity index (χ1n) is 7.06. The molecule has 1 atom stereocenters. The maximum Gasteiger partial charge on any atom is 0.0274 e. The van der Waals surface area contributed by atoms with Crippen molar-refractivity contribution >= 4 is 11.8 Å². The molecule has 0 aromatic heterocycles. The van der Waals surface area contributed by atoms with E-state index in [4.69, 9.17) is 0 Å². The second-order valence-electron chi connectivity index (χ2n) is 5.32. The van der Waals surface area contributed by atoms with Crippen LogP contribution in [0.25, 0.3) is 0 Å². The third-order valence-electron chi connectivity index (χ3n) is 3.57. The van der Waals surface area contributed by atoms with E-state index in [9.17, 15) is 0 Å². The molecule has 2 heteroatoms. The van der Waals surface area contributed by atoms with Gasteiger partial charge in [0.25, 0.3) is 0 Å². The van der Waals surface area contributed by atoms with Gasteiger partial charge in [0.1, 0.15) is 0 Å². The number of allylic oxidation sites excluding steroid dienone is 1. The highest BCUT2D eigenvalue weighted by atomic mass is 32.2. The molecule has 2 aliphatic carbocycles. The number of hydrogen-bond acceptors (Lipinski definition) is 2. The Morgan fingerprint density at radius 1 is 1.22 bits per heavy atom. The lowest BCUT2D eigenvalue weighted by atomic mass is 10.1. The zero-order valence-electron chi connectivity index (χ0n) is 10.8. The lowest BCUT2D eigenvalue weighted by molar-refractivity contribution is 0.687. The fourth-order valence-electron chi connectivity index (χ4n) is 2.33. The molecule has 0 heterocycles. The maximum absolute atomic E-state index is 3.58. The maximum atomic E-state index is 3.58. The van der Waals surface area contributed by atoms with Gasteiger partial charge in [-0.25, -0.2) is 0 Å². The Bertz CT molecular complexity index is 423. The van der Waals surface area contributed by atoms with Crippen molar-refractivity contribution in [1.29, 1.82) is 0 Å². The highest BCUT2D eigenvalue weighted by molar-refractivity contribution is 8.00. The molecule has 1 fully saturated rings. The summed E-state index contributed by atoms with van der Waals surface area (Å²) in [6.45, 7) is 1.03. The first kappa shape index (κ1) is 12.3. The smallest absolute Gasteiger partial charge is 0.0274 e. The van der Waals surface area contributed by atoms with Crippen molar-refractivity contribution in [3.8, 4) is 0 Å². The Balaban J connectivity index is 1.58. The van der Waals surface area contributed by atoms with Gasteiger partial charge in [0.05, 0.1) is 0 Å². The number of thioether (sulfide) groups is 1. The summed E-state index contributed by atoms with van der Waals surface area (Å²) < 4.78 is 0. The van der Waals surface area contributed by atoms with Gasteiger partial charge in [-0.1, -0.05) is 24.3 Å². The Hall–Kier alpha value is -0.730. The fraction of sp³-hybridized carbons (Fsp3) is 0.500. The SMILES string of the molecule is C1=CC(Sc2cccc(CNC3CC3)c2)CCC1. The van der Waals surface area contributed by atoms with Crippen LogP contribution in [0.15, 0.2) is 41.3 Å². The summed E-state index contributed by atoms with van der Waals surface area (Å²) in [6, 6.07) is 9.81. The van der Waals surface area contributed by atoms with Crippen LogP contribution in [0.3, 0.4) is 0 Å². The topological polar surface area (TPSA) is 12.0 Å². The summed E-state index contributed by atoms with van der Waals surface area (Å²) >= 11 is 2.01. The van der Waals surface area contributed by atoms with E-state index in [1.807, 2.05) is 11.8 Å². The van der Waals surface area contributed by atoms with E-state index in [1.165, 1.54) is 42.6 Å². The minimum Gasteiger partial charge on any atom is -0.310 e. The molecule has 1 aromatic rings. The van der Waals surface area contributed by atoms with E-state index in [0.29, 0.717) is 5.25 Å². The van der Waals surface area contributed by atoms with Gasteiger partial charge in [0.15, 0.2) is 0 Å². The van der Waals surface area contributed by atoms with Gasteiger partial charge in [0.2, 0.25) is 0 Å². The minimum atomic E-state index is 0.686. The summed E-state index contributed by atoms with van der Waals surface area (Å²) in [5.74, 6) is 0. The third kappa shape index (κ3) is 3.63. The van der Waals surface area contributed by atoms with E-state index in [2.05, 4.69) is 41.7 Å². The van der Waals surface area contributed by atoms with Crippen LogP contribution >= 0.6 is 11.8 Å². The van der Waals surface area contributed by atoms with Gasteiger partial charge in [0, 0.05) is 22.7 Å². The first-order valence-corrected chi connectivity index (χ1v) is 7.94. The van der Waals surface area contributed by atoms with Gasteiger partial charge >= 0.3 is 0 Å². The van der Waals surface area contributed by atoms with Crippen molar-refractivity contribution < 1.29 is 0 Å². The van der Waals surface area contributed by atoms with Gasteiger partial charge < -0.3 is 5.32 Å². The summed E-state index contributed by atoms with van der Waals surface area (Å²) in [4.78, 5) is 1.42. The molecule has 1 unspecified atom stereocenters. The zero-order valence-corrected chi connectivity index (χ0v) is 11.6. The van der Waals surface area contributed by atoms with Gasteiger partial charge in [-0.2, -0.15) is 0 Å². The highest BCUT2D eigenvalue weighted by Gasteiger charge is 2.19. The van der Waals surface area contributed by atoms with Gasteiger partial charge in [-0.05, 0) is 49.8 Å². The fourth-order valence-corrected chi connectivity index (χ4v) is 3.53. The molecule has 1 saturated carbocycles. The lowest BCUT2D eigenvalue weighted by Crippen LogP contribution is -2.15. The predicted octanol–water partition coefficient (Wildman–Crippen LogP) is 4.14. The molecule has 0 aliphatic heterocycles. The number of nitrogens with one attached hydrogen (secondary N) is 1. The van der Waals surface area contributed by atoms with Crippen molar-refractivity contribution in [2.45, 2.75) is 54.8 Å².